The Morgan fingerprint density at radius 1 is 1.04 bits per heavy atom. The first-order valence-electron chi connectivity index (χ1n) is 8.43. The molecule has 0 bridgehead atoms. The first kappa shape index (κ1) is 15.8. The summed E-state index contributed by atoms with van der Waals surface area (Å²) in [6.45, 7) is 6.65. The zero-order chi connectivity index (χ0) is 16.7. The third kappa shape index (κ3) is 2.80. The highest BCUT2D eigenvalue weighted by Gasteiger charge is 2.43. The van der Waals surface area contributed by atoms with Crippen molar-refractivity contribution in [3.8, 4) is 0 Å². The van der Waals surface area contributed by atoms with Crippen LogP contribution in [0.5, 0.6) is 0 Å². The van der Waals surface area contributed by atoms with Crippen LogP contribution in [0.1, 0.15) is 58.4 Å². The average molecular weight is 313 g/mol. The van der Waals surface area contributed by atoms with E-state index in [2.05, 4.69) is 54.9 Å². The number of rotatable bonds is 1. The molecule has 0 amide bonds. The highest BCUT2D eigenvalue weighted by molar-refractivity contribution is 6.06. The van der Waals surface area contributed by atoms with E-state index in [0.29, 0.717) is 11.9 Å². The van der Waals surface area contributed by atoms with Crippen molar-refractivity contribution in [3.63, 3.8) is 0 Å². The standard InChI is InChI=1S/C18H27N5/c1-17(2,3)13-9-5-6-10-14(13)23-16(20)21-15(19)22-18(23)11-7-4-8-12-18/h5-6,9-10H,4,7-8,11-12H2,1-3H3,(H4,19,20,21,22). The van der Waals surface area contributed by atoms with Crippen LogP contribution in [-0.4, -0.2) is 17.6 Å². The number of hydrogen-bond acceptors (Lipinski definition) is 5. The highest BCUT2D eigenvalue weighted by atomic mass is 15.4. The van der Waals surface area contributed by atoms with E-state index in [9.17, 15) is 0 Å². The number of hydrogen-bond donors (Lipinski definition) is 2. The fourth-order valence-corrected chi connectivity index (χ4v) is 3.77. The van der Waals surface area contributed by atoms with Gasteiger partial charge in [0, 0.05) is 5.69 Å². The Morgan fingerprint density at radius 3 is 2.35 bits per heavy atom. The van der Waals surface area contributed by atoms with Crippen molar-refractivity contribution in [3.05, 3.63) is 29.8 Å². The van der Waals surface area contributed by atoms with Gasteiger partial charge >= 0.3 is 0 Å². The molecule has 5 heteroatoms. The van der Waals surface area contributed by atoms with Gasteiger partial charge in [-0.15, -0.1) is 0 Å². The Hall–Kier alpha value is -2.04. The van der Waals surface area contributed by atoms with Crippen molar-refractivity contribution in [2.45, 2.75) is 64.0 Å². The van der Waals surface area contributed by atoms with Crippen molar-refractivity contribution in [1.82, 2.24) is 0 Å². The van der Waals surface area contributed by atoms with E-state index >= 15 is 0 Å². The number of nitrogens with zero attached hydrogens (tertiary/aromatic N) is 3. The Kier molecular flexibility index (Phi) is 3.82. The van der Waals surface area contributed by atoms with Crippen LogP contribution < -0.4 is 16.4 Å². The fourth-order valence-electron chi connectivity index (χ4n) is 3.77. The number of anilines is 1. The topological polar surface area (TPSA) is 80.0 Å². The van der Waals surface area contributed by atoms with Crippen LogP contribution in [0.3, 0.4) is 0 Å². The molecular weight excluding hydrogens is 286 g/mol. The van der Waals surface area contributed by atoms with Crippen LogP contribution in [-0.2, 0) is 5.41 Å². The smallest absolute Gasteiger partial charge is 0.220 e. The second-order valence-electron chi connectivity index (χ2n) is 7.59. The number of para-hydroxylation sites is 1. The van der Waals surface area contributed by atoms with Crippen molar-refractivity contribution in [2.24, 2.45) is 21.5 Å². The van der Waals surface area contributed by atoms with E-state index in [0.717, 1.165) is 31.4 Å². The maximum absolute atomic E-state index is 6.33. The lowest BCUT2D eigenvalue weighted by Crippen LogP contribution is -2.58. The van der Waals surface area contributed by atoms with Gasteiger partial charge in [0.25, 0.3) is 0 Å². The summed E-state index contributed by atoms with van der Waals surface area (Å²) >= 11 is 0. The van der Waals surface area contributed by atoms with E-state index in [1.165, 1.54) is 12.0 Å². The van der Waals surface area contributed by atoms with Crippen LogP contribution in [0.25, 0.3) is 0 Å². The van der Waals surface area contributed by atoms with Gasteiger partial charge in [0.05, 0.1) is 0 Å². The molecule has 0 atom stereocenters. The number of benzene rings is 1. The summed E-state index contributed by atoms with van der Waals surface area (Å²) in [6, 6.07) is 8.42. The average Bonchev–Trinajstić information content (AvgIpc) is 2.46. The van der Waals surface area contributed by atoms with Crippen LogP contribution >= 0.6 is 0 Å². The molecule has 1 heterocycles. The van der Waals surface area contributed by atoms with Gasteiger partial charge in [0.2, 0.25) is 11.9 Å². The molecule has 0 unspecified atom stereocenters. The van der Waals surface area contributed by atoms with Gasteiger partial charge in [-0.1, -0.05) is 45.4 Å². The molecule has 23 heavy (non-hydrogen) atoms. The minimum absolute atomic E-state index is 0.0133. The van der Waals surface area contributed by atoms with Crippen LogP contribution in [0.4, 0.5) is 5.69 Å². The molecule has 4 N–H and O–H groups in total. The molecule has 124 valence electrons. The van der Waals surface area contributed by atoms with Crippen LogP contribution in [0.15, 0.2) is 34.3 Å². The largest absolute Gasteiger partial charge is 0.369 e. The molecule has 0 saturated heterocycles. The molecule has 1 fully saturated rings. The minimum atomic E-state index is -0.379. The van der Waals surface area contributed by atoms with Crippen LogP contribution in [0, 0.1) is 0 Å². The highest BCUT2D eigenvalue weighted by Crippen LogP contribution is 2.42. The first-order valence-corrected chi connectivity index (χ1v) is 8.43. The Balaban J connectivity index is 2.15. The minimum Gasteiger partial charge on any atom is -0.369 e. The van der Waals surface area contributed by atoms with Gasteiger partial charge in [-0.25, -0.2) is 4.99 Å². The van der Waals surface area contributed by atoms with E-state index in [1.54, 1.807) is 0 Å². The number of guanidine groups is 2. The van der Waals surface area contributed by atoms with E-state index in [1.807, 2.05) is 0 Å². The quantitative estimate of drug-likeness (QED) is 0.836. The summed E-state index contributed by atoms with van der Waals surface area (Å²) < 4.78 is 0. The van der Waals surface area contributed by atoms with E-state index < -0.39 is 0 Å². The Bertz CT molecular complexity index is 648. The van der Waals surface area contributed by atoms with Crippen molar-refractivity contribution >= 4 is 17.6 Å². The molecule has 5 nitrogen and oxygen atoms in total. The molecule has 0 aromatic heterocycles. The summed E-state index contributed by atoms with van der Waals surface area (Å²) in [5, 5.41) is 0. The van der Waals surface area contributed by atoms with Gasteiger partial charge in [-0.3, -0.25) is 4.90 Å². The second-order valence-corrected chi connectivity index (χ2v) is 7.59. The summed E-state index contributed by atoms with van der Waals surface area (Å²) in [5.41, 5.74) is 14.3. The van der Waals surface area contributed by atoms with Gasteiger partial charge in [-0.05, 0) is 42.7 Å². The third-order valence-electron chi connectivity index (χ3n) is 4.80. The lowest BCUT2D eigenvalue weighted by Gasteiger charge is -2.47. The Labute approximate surface area is 138 Å². The van der Waals surface area contributed by atoms with Gasteiger partial charge in [0.1, 0.15) is 5.66 Å². The zero-order valence-electron chi connectivity index (χ0n) is 14.3. The van der Waals surface area contributed by atoms with E-state index in [4.69, 9.17) is 16.5 Å². The molecular formula is C18H27N5. The zero-order valence-corrected chi connectivity index (χ0v) is 14.3. The lowest BCUT2D eigenvalue weighted by molar-refractivity contribution is 0.304. The maximum Gasteiger partial charge on any atom is 0.220 e. The molecule has 1 aliphatic carbocycles. The molecule has 1 aromatic carbocycles. The molecule has 1 spiro atoms. The summed E-state index contributed by atoms with van der Waals surface area (Å²) in [5.74, 6) is 0.755. The van der Waals surface area contributed by atoms with Crippen molar-refractivity contribution < 1.29 is 0 Å². The molecule has 1 aliphatic heterocycles. The fraction of sp³-hybridized carbons (Fsp3) is 0.556. The summed E-state index contributed by atoms with van der Waals surface area (Å²) in [7, 11) is 0. The number of aliphatic imine (C=N–C) groups is 2. The molecule has 1 saturated carbocycles. The summed E-state index contributed by atoms with van der Waals surface area (Å²) in [4.78, 5) is 11.1. The predicted molar refractivity (Wildman–Crippen MR) is 96.7 cm³/mol. The normalized spacial score (nSPS) is 21.1. The van der Waals surface area contributed by atoms with Gasteiger partial charge < -0.3 is 11.5 Å². The molecule has 3 rings (SSSR count). The second kappa shape index (κ2) is 5.55. The lowest BCUT2D eigenvalue weighted by atomic mass is 9.83. The summed E-state index contributed by atoms with van der Waals surface area (Å²) in [6.07, 6.45) is 5.43. The van der Waals surface area contributed by atoms with E-state index in [-0.39, 0.29) is 11.1 Å². The van der Waals surface area contributed by atoms with Crippen molar-refractivity contribution in [2.75, 3.05) is 4.90 Å². The van der Waals surface area contributed by atoms with Crippen molar-refractivity contribution in [1.29, 1.82) is 0 Å². The van der Waals surface area contributed by atoms with Gasteiger partial charge in [-0.2, -0.15) is 4.99 Å². The van der Waals surface area contributed by atoms with Crippen LogP contribution in [0.2, 0.25) is 0 Å². The van der Waals surface area contributed by atoms with Gasteiger partial charge in [0.15, 0.2) is 0 Å². The SMILES string of the molecule is CC(C)(C)c1ccccc1N1C(N)=NC(N)=NC12CCCCC2. The monoisotopic (exact) mass is 313 g/mol. The molecule has 2 aliphatic rings. The number of nitrogens with two attached hydrogens (primary N) is 2. The molecule has 1 aromatic rings. The maximum atomic E-state index is 6.33. The third-order valence-corrected chi connectivity index (χ3v) is 4.80. The predicted octanol–water partition coefficient (Wildman–Crippen LogP) is 3.09. The first-order chi connectivity index (χ1) is 10.8. The molecule has 0 radical (unpaired) electrons. The Morgan fingerprint density at radius 2 is 1.70 bits per heavy atom.